The molecule has 5 heteroatoms. The first-order valence-electron chi connectivity index (χ1n) is 6.41. The number of anilines is 1. The number of urea groups is 1. The maximum Gasteiger partial charge on any atom is 0.319 e. The Morgan fingerprint density at radius 1 is 1.53 bits per heavy atom. The molecule has 0 heterocycles. The minimum Gasteiger partial charge on any atom is -0.394 e. The monoisotopic (exact) mass is 266 g/mol. The van der Waals surface area contributed by atoms with Crippen molar-refractivity contribution >= 4 is 11.7 Å². The lowest BCUT2D eigenvalue weighted by Gasteiger charge is -2.28. The van der Waals surface area contributed by atoms with Crippen LogP contribution in [0, 0.1) is 18.7 Å². The highest BCUT2D eigenvalue weighted by atomic mass is 19.1. The summed E-state index contributed by atoms with van der Waals surface area (Å²) in [5.74, 6) is -0.0390. The van der Waals surface area contributed by atoms with Crippen LogP contribution in [0.5, 0.6) is 0 Å². The van der Waals surface area contributed by atoms with Gasteiger partial charge in [0.2, 0.25) is 0 Å². The number of aliphatic hydroxyl groups is 1. The standard InChI is InChI=1S/C14H19FN2O2/c1-9-3-6-11(7-12(9)15)16-13(19)17-14(2,8-18)10-4-5-10/h3,6-7,10,18H,4-5,8H2,1-2H3,(H2,16,17,19). The van der Waals surface area contributed by atoms with Crippen molar-refractivity contribution in [3.63, 3.8) is 0 Å². The molecule has 2 rings (SSSR count). The molecule has 1 aliphatic carbocycles. The number of nitrogens with one attached hydrogen (secondary N) is 2. The number of aliphatic hydroxyl groups excluding tert-OH is 1. The van der Waals surface area contributed by atoms with Gasteiger partial charge in [0.15, 0.2) is 0 Å². The number of halogens is 1. The van der Waals surface area contributed by atoms with E-state index >= 15 is 0 Å². The molecule has 104 valence electrons. The molecule has 19 heavy (non-hydrogen) atoms. The van der Waals surface area contributed by atoms with Gasteiger partial charge in [-0.1, -0.05) is 6.07 Å². The molecular weight excluding hydrogens is 247 g/mol. The van der Waals surface area contributed by atoms with E-state index < -0.39 is 11.6 Å². The molecule has 1 saturated carbocycles. The van der Waals surface area contributed by atoms with Gasteiger partial charge < -0.3 is 15.7 Å². The molecule has 0 bridgehead atoms. The minimum atomic E-state index is -0.604. The van der Waals surface area contributed by atoms with Crippen LogP contribution >= 0.6 is 0 Å². The van der Waals surface area contributed by atoms with Crippen LogP contribution in [0.25, 0.3) is 0 Å². The van der Waals surface area contributed by atoms with Crippen molar-refractivity contribution in [3.8, 4) is 0 Å². The van der Waals surface area contributed by atoms with Crippen LogP contribution in [0.4, 0.5) is 14.9 Å². The number of carbonyl (C=O) groups is 1. The van der Waals surface area contributed by atoms with Gasteiger partial charge in [0, 0.05) is 5.69 Å². The number of hydrogen-bond acceptors (Lipinski definition) is 2. The summed E-state index contributed by atoms with van der Waals surface area (Å²) >= 11 is 0. The zero-order valence-corrected chi connectivity index (χ0v) is 11.2. The third-order valence-corrected chi connectivity index (χ3v) is 3.64. The van der Waals surface area contributed by atoms with E-state index in [0.29, 0.717) is 17.2 Å². The van der Waals surface area contributed by atoms with Crippen molar-refractivity contribution in [2.24, 2.45) is 5.92 Å². The predicted molar refractivity (Wildman–Crippen MR) is 71.5 cm³/mol. The van der Waals surface area contributed by atoms with Crippen LogP contribution in [-0.4, -0.2) is 23.3 Å². The molecule has 3 N–H and O–H groups in total. The summed E-state index contributed by atoms with van der Waals surface area (Å²) in [4.78, 5) is 11.9. The highest BCUT2D eigenvalue weighted by molar-refractivity contribution is 5.89. The van der Waals surface area contributed by atoms with Crippen molar-refractivity contribution in [1.82, 2.24) is 5.32 Å². The fourth-order valence-corrected chi connectivity index (χ4v) is 2.08. The second-order valence-corrected chi connectivity index (χ2v) is 5.39. The number of carbonyl (C=O) groups excluding carboxylic acids is 1. The topological polar surface area (TPSA) is 61.4 Å². The molecule has 1 unspecified atom stereocenters. The molecule has 1 aromatic carbocycles. The molecule has 0 spiro atoms. The van der Waals surface area contributed by atoms with Crippen molar-refractivity contribution < 1.29 is 14.3 Å². The second-order valence-electron chi connectivity index (χ2n) is 5.39. The summed E-state index contributed by atoms with van der Waals surface area (Å²) in [5, 5.41) is 14.7. The number of aryl methyl sites for hydroxylation is 1. The van der Waals surface area contributed by atoms with Gasteiger partial charge in [-0.25, -0.2) is 9.18 Å². The highest BCUT2D eigenvalue weighted by Crippen LogP contribution is 2.39. The maximum absolute atomic E-state index is 13.4. The first-order valence-corrected chi connectivity index (χ1v) is 6.41. The Morgan fingerprint density at radius 2 is 2.21 bits per heavy atom. The molecule has 2 amide bonds. The average molecular weight is 266 g/mol. The average Bonchev–Trinajstić information content (AvgIpc) is 3.18. The van der Waals surface area contributed by atoms with E-state index in [4.69, 9.17) is 0 Å². The van der Waals surface area contributed by atoms with Crippen LogP contribution in [0.1, 0.15) is 25.3 Å². The largest absolute Gasteiger partial charge is 0.394 e. The third-order valence-electron chi connectivity index (χ3n) is 3.64. The summed E-state index contributed by atoms with van der Waals surface area (Å²) in [6, 6.07) is 4.11. The third kappa shape index (κ3) is 3.23. The van der Waals surface area contributed by atoms with E-state index in [2.05, 4.69) is 10.6 Å². The zero-order chi connectivity index (χ0) is 14.0. The van der Waals surface area contributed by atoms with Gasteiger partial charge in [-0.15, -0.1) is 0 Å². The van der Waals surface area contributed by atoms with Gasteiger partial charge >= 0.3 is 6.03 Å². The van der Waals surface area contributed by atoms with Crippen molar-refractivity contribution in [2.45, 2.75) is 32.2 Å². The summed E-state index contributed by atoms with van der Waals surface area (Å²) in [5.41, 5.74) is 0.327. The Hall–Kier alpha value is -1.62. The van der Waals surface area contributed by atoms with Crippen LogP contribution < -0.4 is 10.6 Å². The van der Waals surface area contributed by atoms with Crippen LogP contribution in [0.2, 0.25) is 0 Å². The quantitative estimate of drug-likeness (QED) is 0.783. The lowest BCUT2D eigenvalue weighted by Crippen LogP contribution is -2.52. The fourth-order valence-electron chi connectivity index (χ4n) is 2.08. The van der Waals surface area contributed by atoms with Crippen LogP contribution in [0.15, 0.2) is 18.2 Å². The molecule has 0 aliphatic heterocycles. The van der Waals surface area contributed by atoms with Gasteiger partial charge in [0.1, 0.15) is 5.82 Å². The maximum atomic E-state index is 13.4. The van der Waals surface area contributed by atoms with E-state index in [1.807, 2.05) is 6.92 Å². The van der Waals surface area contributed by atoms with Crippen LogP contribution in [0.3, 0.4) is 0 Å². The molecule has 0 aromatic heterocycles. The van der Waals surface area contributed by atoms with Gasteiger partial charge in [0.05, 0.1) is 12.1 Å². The summed E-state index contributed by atoms with van der Waals surface area (Å²) in [7, 11) is 0. The molecule has 4 nitrogen and oxygen atoms in total. The Bertz CT molecular complexity index is 488. The Labute approximate surface area is 112 Å². The lowest BCUT2D eigenvalue weighted by atomic mass is 9.97. The second kappa shape index (κ2) is 5.17. The van der Waals surface area contributed by atoms with Crippen molar-refractivity contribution in [1.29, 1.82) is 0 Å². The van der Waals surface area contributed by atoms with E-state index in [-0.39, 0.29) is 12.4 Å². The van der Waals surface area contributed by atoms with E-state index in [9.17, 15) is 14.3 Å². The fraction of sp³-hybridized carbons (Fsp3) is 0.500. The van der Waals surface area contributed by atoms with Crippen molar-refractivity contribution in [3.05, 3.63) is 29.6 Å². The Morgan fingerprint density at radius 3 is 2.74 bits per heavy atom. The Kier molecular flexibility index (Phi) is 3.75. The summed E-state index contributed by atoms with van der Waals surface area (Å²) in [6.07, 6.45) is 2.02. The Balaban J connectivity index is 1.98. The molecule has 1 fully saturated rings. The molecule has 0 radical (unpaired) electrons. The van der Waals surface area contributed by atoms with Crippen molar-refractivity contribution in [2.75, 3.05) is 11.9 Å². The van der Waals surface area contributed by atoms with Crippen LogP contribution in [-0.2, 0) is 0 Å². The summed E-state index contributed by atoms with van der Waals surface area (Å²) < 4.78 is 13.4. The highest BCUT2D eigenvalue weighted by Gasteiger charge is 2.42. The zero-order valence-electron chi connectivity index (χ0n) is 11.2. The van der Waals surface area contributed by atoms with E-state index in [0.717, 1.165) is 12.8 Å². The molecule has 1 atom stereocenters. The van der Waals surface area contributed by atoms with Gasteiger partial charge in [-0.3, -0.25) is 0 Å². The molecule has 1 aliphatic rings. The minimum absolute atomic E-state index is 0.104. The first-order chi connectivity index (χ1) is 8.94. The van der Waals surface area contributed by atoms with E-state index in [1.165, 1.54) is 6.07 Å². The molecule has 0 saturated heterocycles. The van der Waals surface area contributed by atoms with Gasteiger partial charge in [-0.05, 0) is 50.3 Å². The van der Waals surface area contributed by atoms with E-state index in [1.54, 1.807) is 19.1 Å². The first kappa shape index (κ1) is 13.8. The lowest BCUT2D eigenvalue weighted by molar-refractivity contribution is 0.159. The number of benzene rings is 1. The summed E-state index contributed by atoms with van der Waals surface area (Å²) in [6.45, 7) is 3.38. The van der Waals surface area contributed by atoms with Gasteiger partial charge in [-0.2, -0.15) is 0 Å². The molecule has 1 aromatic rings. The molecular formula is C14H19FN2O2. The SMILES string of the molecule is Cc1ccc(NC(=O)NC(C)(CO)C2CC2)cc1F. The predicted octanol–water partition coefficient (Wildman–Crippen LogP) is 2.42. The number of rotatable bonds is 4. The number of hydrogen-bond donors (Lipinski definition) is 3. The number of amides is 2. The van der Waals surface area contributed by atoms with Gasteiger partial charge in [0.25, 0.3) is 0 Å². The normalized spacial score (nSPS) is 17.7. The smallest absolute Gasteiger partial charge is 0.319 e.